The minimum absolute atomic E-state index is 0.0611. The van der Waals surface area contributed by atoms with Crippen molar-refractivity contribution in [3.05, 3.63) is 9.66 Å². The molecule has 0 aromatic carbocycles. The first-order valence-corrected chi connectivity index (χ1v) is 4.12. The molecular weight excluding hydrogens is 231 g/mol. The highest BCUT2D eigenvalue weighted by Crippen LogP contribution is 2.18. The Kier molecular flexibility index (Phi) is 2.94. The molecule has 2 nitrogen and oxygen atoms in total. The minimum Gasteiger partial charge on any atom is -0.394 e. The molecule has 52 valence electrons. The van der Waals surface area contributed by atoms with E-state index in [1.54, 1.807) is 0 Å². The van der Waals surface area contributed by atoms with Crippen molar-refractivity contribution in [2.45, 2.75) is 12.5 Å². The molecule has 1 fully saturated rings. The molecule has 1 atom stereocenters. The SMILES string of the molecule is OCC1C/C(=C/I)CO1. The summed E-state index contributed by atoms with van der Waals surface area (Å²) in [7, 11) is 0. The summed E-state index contributed by atoms with van der Waals surface area (Å²) >= 11 is 2.19. The standard InChI is InChI=1S/C6H9IO2/c7-2-5-1-6(3-8)9-4-5/h2,6,8H,1,3-4H2/b5-2-. The van der Waals surface area contributed by atoms with Gasteiger partial charge in [-0.25, -0.2) is 0 Å². The van der Waals surface area contributed by atoms with Crippen LogP contribution in [0.5, 0.6) is 0 Å². The number of aliphatic hydroxyl groups excluding tert-OH is 1. The Labute approximate surface area is 68.0 Å². The average molecular weight is 240 g/mol. The first-order valence-electron chi connectivity index (χ1n) is 2.87. The monoisotopic (exact) mass is 240 g/mol. The van der Waals surface area contributed by atoms with E-state index in [0.717, 1.165) is 6.42 Å². The van der Waals surface area contributed by atoms with Crippen LogP contribution in [-0.4, -0.2) is 24.4 Å². The van der Waals surface area contributed by atoms with Crippen molar-refractivity contribution in [2.75, 3.05) is 13.2 Å². The number of hydrogen-bond acceptors (Lipinski definition) is 2. The van der Waals surface area contributed by atoms with Crippen molar-refractivity contribution in [3.8, 4) is 0 Å². The molecular formula is C6H9IO2. The number of hydrogen-bond donors (Lipinski definition) is 1. The third-order valence-corrected chi connectivity index (χ3v) is 2.23. The van der Waals surface area contributed by atoms with Crippen molar-refractivity contribution in [3.63, 3.8) is 0 Å². The molecule has 0 aromatic heterocycles. The van der Waals surface area contributed by atoms with Crippen LogP contribution in [0.2, 0.25) is 0 Å². The van der Waals surface area contributed by atoms with Gasteiger partial charge < -0.3 is 9.84 Å². The van der Waals surface area contributed by atoms with Gasteiger partial charge in [0.15, 0.2) is 0 Å². The van der Waals surface area contributed by atoms with Gasteiger partial charge in [0.25, 0.3) is 0 Å². The summed E-state index contributed by atoms with van der Waals surface area (Å²) in [4.78, 5) is 0. The van der Waals surface area contributed by atoms with Gasteiger partial charge in [-0.1, -0.05) is 22.6 Å². The van der Waals surface area contributed by atoms with Gasteiger partial charge in [0.1, 0.15) is 0 Å². The first kappa shape index (κ1) is 7.50. The second kappa shape index (κ2) is 3.53. The van der Waals surface area contributed by atoms with Gasteiger partial charge in [-0.05, 0) is 16.1 Å². The van der Waals surface area contributed by atoms with Gasteiger partial charge in [-0.2, -0.15) is 0 Å². The van der Waals surface area contributed by atoms with Crippen LogP contribution >= 0.6 is 22.6 Å². The molecule has 0 bridgehead atoms. The number of rotatable bonds is 1. The highest BCUT2D eigenvalue weighted by Gasteiger charge is 2.17. The van der Waals surface area contributed by atoms with Crippen molar-refractivity contribution in [2.24, 2.45) is 0 Å². The smallest absolute Gasteiger partial charge is 0.0848 e. The lowest BCUT2D eigenvalue weighted by Gasteiger charge is -2.00. The molecule has 1 N–H and O–H groups in total. The van der Waals surface area contributed by atoms with Crippen molar-refractivity contribution in [1.82, 2.24) is 0 Å². The van der Waals surface area contributed by atoms with E-state index in [9.17, 15) is 0 Å². The van der Waals surface area contributed by atoms with Crippen LogP contribution in [0, 0.1) is 0 Å². The van der Waals surface area contributed by atoms with Gasteiger partial charge in [-0.3, -0.25) is 0 Å². The predicted octanol–water partition coefficient (Wildman–Crippen LogP) is 1.09. The molecule has 0 saturated carbocycles. The predicted molar refractivity (Wildman–Crippen MR) is 43.5 cm³/mol. The molecule has 0 aromatic rings. The summed E-state index contributed by atoms with van der Waals surface area (Å²) in [6.07, 6.45) is 0.963. The topological polar surface area (TPSA) is 29.5 Å². The second-order valence-electron chi connectivity index (χ2n) is 2.09. The Balaban J connectivity index is 2.38. The number of aliphatic hydroxyl groups is 1. The fraction of sp³-hybridized carbons (Fsp3) is 0.667. The summed E-state index contributed by atoms with van der Waals surface area (Å²) in [5.74, 6) is 0. The van der Waals surface area contributed by atoms with Crippen molar-refractivity contribution >= 4 is 22.6 Å². The van der Waals surface area contributed by atoms with E-state index in [1.165, 1.54) is 5.57 Å². The highest BCUT2D eigenvalue weighted by molar-refractivity contribution is 14.1. The Morgan fingerprint density at radius 2 is 2.67 bits per heavy atom. The van der Waals surface area contributed by atoms with Gasteiger partial charge in [0.2, 0.25) is 0 Å². The van der Waals surface area contributed by atoms with Crippen LogP contribution in [0.3, 0.4) is 0 Å². The molecule has 1 unspecified atom stereocenters. The molecule has 0 amide bonds. The fourth-order valence-electron chi connectivity index (χ4n) is 0.828. The van der Waals surface area contributed by atoms with E-state index in [-0.39, 0.29) is 12.7 Å². The molecule has 1 rings (SSSR count). The maximum atomic E-state index is 8.62. The third-order valence-electron chi connectivity index (χ3n) is 1.35. The second-order valence-corrected chi connectivity index (χ2v) is 2.71. The zero-order valence-electron chi connectivity index (χ0n) is 5.01. The number of ether oxygens (including phenoxy) is 1. The number of halogens is 1. The van der Waals surface area contributed by atoms with E-state index in [2.05, 4.69) is 22.6 Å². The van der Waals surface area contributed by atoms with Crippen LogP contribution in [0.15, 0.2) is 9.66 Å². The van der Waals surface area contributed by atoms with Crippen LogP contribution in [0.4, 0.5) is 0 Å². The third kappa shape index (κ3) is 1.91. The normalized spacial score (nSPS) is 31.8. The summed E-state index contributed by atoms with van der Waals surface area (Å²) < 4.78 is 7.20. The molecule has 1 aliphatic rings. The van der Waals surface area contributed by atoms with Gasteiger partial charge in [0, 0.05) is 0 Å². The van der Waals surface area contributed by atoms with E-state index < -0.39 is 0 Å². The van der Waals surface area contributed by atoms with Crippen LogP contribution in [-0.2, 0) is 4.74 Å². The Morgan fingerprint density at radius 3 is 3.00 bits per heavy atom. The fourth-order valence-corrected chi connectivity index (χ4v) is 1.26. The molecule has 0 radical (unpaired) electrons. The van der Waals surface area contributed by atoms with Gasteiger partial charge in [0.05, 0.1) is 19.3 Å². The van der Waals surface area contributed by atoms with E-state index >= 15 is 0 Å². The van der Waals surface area contributed by atoms with Gasteiger partial charge >= 0.3 is 0 Å². The Hall–Kier alpha value is 0.390. The Bertz CT molecular complexity index is 122. The largest absolute Gasteiger partial charge is 0.394 e. The molecule has 3 heteroatoms. The first-order chi connectivity index (χ1) is 4.36. The maximum Gasteiger partial charge on any atom is 0.0848 e. The minimum atomic E-state index is 0.0611. The van der Waals surface area contributed by atoms with Crippen LogP contribution < -0.4 is 0 Å². The molecule has 0 spiro atoms. The highest BCUT2D eigenvalue weighted by atomic mass is 127. The maximum absolute atomic E-state index is 8.62. The molecule has 1 saturated heterocycles. The molecule has 1 heterocycles. The Morgan fingerprint density at radius 1 is 1.89 bits per heavy atom. The van der Waals surface area contributed by atoms with Crippen molar-refractivity contribution in [1.29, 1.82) is 0 Å². The molecule has 1 aliphatic heterocycles. The van der Waals surface area contributed by atoms with Crippen LogP contribution in [0.25, 0.3) is 0 Å². The van der Waals surface area contributed by atoms with E-state index in [4.69, 9.17) is 9.84 Å². The van der Waals surface area contributed by atoms with Crippen molar-refractivity contribution < 1.29 is 9.84 Å². The summed E-state index contributed by atoms with van der Waals surface area (Å²) in [5.41, 5.74) is 1.29. The zero-order valence-corrected chi connectivity index (χ0v) is 7.17. The summed E-state index contributed by atoms with van der Waals surface area (Å²) in [6.45, 7) is 0.849. The van der Waals surface area contributed by atoms with E-state index in [1.807, 2.05) is 4.08 Å². The summed E-state index contributed by atoms with van der Waals surface area (Å²) in [5, 5.41) is 8.62. The van der Waals surface area contributed by atoms with Crippen LogP contribution in [0.1, 0.15) is 6.42 Å². The lowest BCUT2D eigenvalue weighted by molar-refractivity contribution is 0.0603. The lowest BCUT2D eigenvalue weighted by Crippen LogP contribution is -2.09. The zero-order chi connectivity index (χ0) is 6.69. The molecule has 0 aliphatic carbocycles. The average Bonchev–Trinajstić information content (AvgIpc) is 2.34. The van der Waals surface area contributed by atoms with Gasteiger partial charge in [-0.15, -0.1) is 0 Å². The molecule has 9 heavy (non-hydrogen) atoms. The summed E-state index contributed by atoms with van der Waals surface area (Å²) in [6, 6.07) is 0. The quantitative estimate of drug-likeness (QED) is 0.695. The van der Waals surface area contributed by atoms with E-state index in [0.29, 0.717) is 6.61 Å². The lowest BCUT2D eigenvalue weighted by atomic mass is 10.2.